The average molecular weight is 211 g/mol. The smallest absolute Gasteiger partial charge is 0.0812 e. The number of hydrogen-bond acceptors (Lipinski definition) is 3. The summed E-state index contributed by atoms with van der Waals surface area (Å²) >= 11 is 1.81. The molecule has 3 heteroatoms. The van der Waals surface area contributed by atoms with E-state index in [1.54, 1.807) is 11.3 Å². The fraction of sp³-hybridized carbons (Fsp3) is 0.636. The van der Waals surface area contributed by atoms with Crippen LogP contribution in [0.1, 0.15) is 41.4 Å². The summed E-state index contributed by atoms with van der Waals surface area (Å²) in [5.41, 5.74) is 8.02. The molecule has 0 saturated carbocycles. The number of fused-ring (bicyclic) bond motifs is 1. The molecule has 2 nitrogen and oxygen atoms in total. The van der Waals surface area contributed by atoms with Crippen molar-refractivity contribution in [1.82, 2.24) is 0 Å². The molecule has 1 aliphatic rings. The highest BCUT2D eigenvalue weighted by Crippen LogP contribution is 2.34. The van der Waals surface area contributed by atoms with Gasteiger partial charge in [0.15, 0.2) is 0 Å². The van der Waals surface area contributed by atoms with Gasteiger partial charge in [-0.3, -0.25) is 0 Å². The van der Waals surface area contributed by atoms with Gasteiger partial charge in [0.05, 0.1) is 6.10 Å². The Morgan fingerprint density at radius 2 is 2.21 bits per heavy atom. The maximum absolute atomic E-state index is 9.89. The van der Waals surface area contributed by atoms with Crippen molar-refractivity contribution in [1.29, 1.82) is 0 Å². The third kappa shape index (κ3) is 1.85. The molecule has 1 aromatic rings. The SMILES string of the molecule is NCC[C@@H](O)c1csc2c1CCCC2. The number of aliphatic hydroxyl groups excluding tert-OH is 1. The van der Waals surface area contributed by atoms with Crippen molar-refractivity contribution >= 4 is 11.3 Å². The summed E-state index contributed by atoms with van der Waals surface area (Å²) in [4.78, 5) is 1.49. The summed E-state index contributed by atoms with van der Waals surface area (Å²) in [5.74, 6) is 0. The zero-order chi connectivity index (χ0) is 9.97. The molecular formula is C11H17NOS. The van der Waals surface area contributed by atoms with E-state index in [0.717, 1.165) is 12.0 Å². The van der Waals surface area contributed by atoms with Crippen LogP contribution in [0.3, 0.4) is 0 Å². The lowest BCUT2D eigenvalue weighted by atomic mass is 9.93. The van der Waals surface area contributed by atoms with Crippen LogP contribution in [0, 0.1) is 0 Å². The van der Waals surface area contributed by atoms with Gasteiger partial charge < -0.3 is 10.8 Å². The first-order valence-electron chi connectivity index (χ1n) is 5.30. The van der Waals surface area contributed by atoms with Gasteiger partial charge in [0, 0.05) is 4.88 Å². The Labute approximate surface area is 88.8 Å². The van der Waals surface area contributed by atoms with Gasteiger partial charge in [0.2, 0.25) is 0 Å². The molecule has 0 aromatic carbocycles. The number of nitrogens with two attached hydrogens (primary N) is 1. The van der Waals surface area contributed by atoms with Crippen LogP contribution in [0.15, 0.2) is 5.38 Å². The first-order valence-corrected chi connectivity index (χ1v) is 6.18. The summed E-state index contributed by atoms with van der Waals surface area (Å²) in [6, 6.07) is 0. The van der Waals surface area contributed by atoms with Crippen LogP contribution in [0.4, 0.5) is 0 Å². The van der Waals surface area contributed by atoms with Gasteiger partial charge >= 0.3 is 0 Å². The van der Waals surface area contributed by atoms with E-state index in [9.17, 15) is 5.11 Å². The van der Waals surface area contributed by atoms with Crippen molar-refractivity contribution in [2.45, 2.75) is 38.2 Å². The highest BCUT2D eigenvalue weighted by Gasteiger charge is 2.19. The number of rotatable bonds is 3. The van der Waals surface area contributed by atoms with Gasteiger partial charge in [-0.1, -0.05) is 0 Å². The van der Waals surface area contributed by atoms with E-state index in [4.69, 9.17) is 5.73 Å². The van der Waals surface area contributed by atoms with Crippen LogP contribution in [0.2, 0.25) is 0 Å². The van der Waals surface area contributed by atoms with E-state index in [1.807, 2.05) is 0 Å². The molecular weight excluding hydrogens is 194 g/mol. The maximum Gasteiger partial charge on any atom is 0.0812 e. The Hall–Kier alpha value is -0.380. The molecule has 3 N–H and O–H groups in total. The van der Waals surface area contributed by atoms with Crippen LogP contribution in [-0.4, -0.2) is 11.7 Å². The standard InChI is InChI=1S/C11H17NOS/c12-6-5-10(13)9-7-14-11-4-2-1-3-8(9)11/h7,10,13H,1-6,12H2/t10-/m1/s1. The zero-order valence-electron chi connectivity index (χ0n) is 8.33. The second-order valence-electron chi connectivity index (χ2n) is 3.89. The Balaban J connectivity index is 2.21. The quantitative estimate of drug-likeness (QED) is 0.803. The molecule has 0 unspecified atom stereocenters. The minimum Gasteiger partial charge on any atom is -0.388 e. The van der Waals surface area contributed by atoms with E-state index in [1.165, 1.54) is 29.7 Å². The first-order chi connectivity index (χ1) is 6.83. The molecule has 14 heavy (non-hydrogen) atoms. The molecule has 1 aromatic heterocycles. The molecule has 0 spiro atoms. The summed E-state index contributed by atoms with van der Waals surface area (Å²) in [6.45, 7) is 0.561. The van der Waals surface area contributed by atoms with Crippen molar-refractivity contribution in [3.8, 4) is 0 Å². The van der Waals surface area contributed by atoms with Crippen LogP contribution >= 0.6 is 11.3 Å². The van der Waals surface area contributed by atoms with Crippen molar-refractivity contribution in [2.75, 3.05) is 6.54 Å². The van der Waals surface area contributed by atoms with Gasteiger partial charge in [0.1, 0.15) is 0 Å². The lowest BCUT2D eigenvalue weighted by Crippen LogP contribution is -2.09. The molecule has 0 radical (unpaired) electrons. The Morgan fingerprint density at radius 1 is 1.43 bits per heavy atom. The van der Waals surface area contributed by atoms with Gasteiger partial charge in [-0.2, -0.15) is 0 Å². The topological polar surface area (TPSA) is 46.2 Å². The largest absolute Gasteiger partial charge is 0.388 e. The normalized spacial score (nSPS) is 17.9. The van der Waals surface area contributed by atoms with Gasteiger partial charge in [-0.25, -0.2) is 0 Å². The lowest BCUT2D eigenvalue weighted by Gasteiger charge is -2.15. The molecule has 1 atom stereocenters. The van der Waals surface area contributed by atoms with Gasteiger partial charge in [-0.15, -0.1) is 11.3 Å². The fourth-order valence-electron chi connectivity index (χ4n) is 2.11. The number of hydrogen-bond donors (Lipinski definition) is 2. The number of aliphatic hydroxyl groups is 1. The molecule has 0 aliphatic heterocycles. The van der Waals surface area contributed by atoms with E-state index in [2.05, 4.69) is 5.38 Å². The van der Waals surface area contributed by atoms with E-state index in [0.29, 0.717) is 13.0 Å². The van der Waals surface area contributed by atoms with Crippen LogP contribution in [0.25, 0.3) is 0 Å². The van der Waals surface area contributed by atoms with E-state index in [-0.39, 0.29) is 6.10 Å². The molecule has 2 rings (SSSR count). The highest BCUT2D eigenvalue weighted by molar-refractivity contribution is 7.10. The van der Waals surface area contributed by atoms with Crippen molar-refractivity contribution < 1.29 is 5.11 Å². The molecule has 0 amide bonds. The maximum atomic E-state index is 9.89. The third-order valence-corrected chi connectivity index (χ3v) is 4.00. The summed E-state index contributed by atoms with van der Waals surface area (Å²) < 4.78 is 0. The van der Waals surface area contributed by atoms with Gasteiger partial charge in [0.25, 0.3) is 0 Å². The highest BCUT2D eigenvalue weighted by atomic mass is 32.1. The van der Waals surface area contributed by atoms with E-state index < -0.39 is 0 Å². The first kappa shape index (κ1) is 10.1. The van der Waals surface area contributed by atoms with Crippen molar-refractivity contribution in [2.24, 2.45) is 5.73 Å². The van der Waals surface area contributed by atoms with Crippen molar-refractivity contribution in [3.05, 3.63) is 21.4 Å². The number of thiophene rings is 1. The second-order valence-corrected chi connectivity index (χ2v) is 4.86. The molecule has 0 bridgehead atoms. The van der Waals surface area contributed by atoms with Crippen LogP contribution in [-0.2, 0) is 12.8 Å². The molecule has 0 saturated heterocycles. The van der Waals surface area contributed by atoms with Crippen LogP contribution < -0.4 is 5.73 Å². The Morgan fingerprint density at radius 3 is 3.00 bits per heavy atom. The Bertz CT molecular complexity index is 308. The minimum atomic E-state index is -0.335. The van der Waals surface area contributed by atoms with Crippen LogP contribution in [0.5, 0.6) is 0 Å². The zero-order valence-corrected chi connectivity index (χ0v) is 9.15. The van der Waals surface area contributed by atoms with Crippen molar-refractivity contribution in [3.63, 3.8) is 0 Å². The Kier molecular flexibility index (Phi) is 3.21. The summed E-state index contributed by atoms with van der Waals surface area (Å²) in [6.07, 6.45) is 5.28. The predicted molar refractivity (Wildman–Crippen MR) is 59.6 cm³/mol. The molecule has 0 fully saturated rings. The average Bonchev–Trinajstić information content (AvgIpc) is 2.61. The third-order valence-electron chi connectivity index (χ3n) is 2.89. The number of aryl methyl sites for hydroxylation is 1. The molecule has 1 heterocycles. The summed E-state index contributed by atoms with van der Waals surface area (Å²) in [5, 5.41) is 12.0. The predicted octanol–water partition coefficient (Wildman–Crippen LogP) is 2.01. The second kappa shape index (κ2) is 4.43. The van der Waals surface area contributed by atoms with Gasteiger partial charge in [-0.05, 0) is 55.2 Å². The fourth-order valence-corrected chi connectivity index (χ4v) is 3.30. The lowest BCUT2D eigenvalue weighted by molar-refractivity contribution is 0.169. The minimum absolute atomic E-state index is 0.335. The molecule has 78 valence electrons. The molecule has 1 aliphatic carbocycles. The monoisotopic (exact) mass is 211 g/mol. The summed E-state index contributed by atoms with van der Waals surface area (Å²) in [7, 11) is 0. The van der Waals surface area contributed by atoms with E-state index >= 15 is 0 Å².